The van der Waals surface area contributed by atoms with Crippen LogP contribution in [0.15, 0.2) is 89.8 Å². The molecule has 200 valence electrons. The van der Waals surface area contributed by atoms with Gasteiger partial charge in [0.05, 0.1) is 16.6 Å². The highest BCUT2D eigenvalue weighted by Gasteiger charge is 2.23. The minimum absolute atomic E-state index is 0.0842. The third-order valence-electron chi connectivity index (χ3n) is 5.99. The van der Waals surface area contributed by atoms with E-state index in [0.29, 0.717) is 29.2 Å². The zero-order chi connectivity index (χ0) is 27.4. The highest BCUT2D eigenvalue weighted by molar-refractivity contribution is 7.92. The van der Waals surface area contributed by atoms with Crippen LogP contribution < -0.4 is 19.5 Å². The first kappa shape index (κ1) is 26.2. The summed E-state index contributed by atoms with van der Waals surface area (Å²) in [6, 6.07) is 23.7. The number of carbonyl (C=O) groups excluding carboxylic acids is 1. The van der Waals surface area contributed by atoms with Gasteiger partial charge in [-0.3, -0.25) is 4.79 Å². The van der Waals surface area contributed by atoms with Gasteiger partial charge in [0.1, 0.15) is 18.1 Å². The Morgan fingerprint density at radius 3 is 2.54 bits per heavy atom. The Labute approximate surface area is 227 Å². The van der Waals surface area contributed by atoms with Gasteiger partial charge in [-0.05, 0) is 54.8 Å². The van der Waals surface area contributed by atoms with Crippen LogP contribution in [0.2, 0.25) is 0 Å². The number of benzene rings is 3. The van der Waals surface area contributed by atoms with E-state index >= 15 is 0 Å². The molecule has 4 aromatic rings. The number of para-hydroxylation sites is 2. The van der Waals surface area contributed by atoms with E-state index in [9.17, 15) is 13.2 Å². The molecule has 0 unspecified atom stereocenters. The Morgan fingerprint density at radius 1 is 0.974 bits per heavy atom. The Morgan fingerprint density at radius 2 is 1.74 bits per heavy atom. The standard InChI is InChI=1S/C29H28N4O5S/c1-19(2)15-21-18-37-27-17-25(24-13-6-7-14-26(24)38-22-10-4-3-5-11-22)31-29(32-27)33-39(35,36)23-12-8-9-20(16-23)28(34)30-21/h3-14,16-17,19,21H,15,18H2,1-2H3,(H,30,34)(H,31,32,33)/t21-/m1/s1. The van der Waals surface area contributed by atoms with E-state index in [1.54, 1.807) is 18.2 Å². The summed E-state index contributed by atoms with van der Waals surface area (Å²) in [5.74, 6) is 1.05. The molecule has 9 nitrogen and oxygen atoms in total. The number of nitrogens with one attached hydrogen (secondary N) is 2. The van der Waals surface area contributed by atoms with Gasteiger partial charge < -0.3 is 14.8 Å². The van der Waals surface area contributed by atoms with Crippen molar-refractivity contribution < 1.29 is 22.7 Å². The van der Waals surface area contributed by atoms with Crippen molar-refractivity contribution in [3.05, 3.63) is 90.5 Å². The summed E-state index contributed by atoms with van der Waals surface area (Å²) in [7, 11) is -4.11. The quantitative estimate of drug-likeness (QED) is 0.351. The second-order valence-electron chi connectivity index (χ2n) is 9.57. The van der Waals surface area contributed by atoms with Crippen LogP contribution >= 0.6 is 0 Å². The molecule has 5 rings (SSSR count). The van der Waals surface area contributed by atoms with Crippen molar-refractivity contribution in [1.29, 1.82) is 0 Å². The van der Waals surface area contributed by atoms with Crippen LogP contribution in [-0.4, -0.2) is 36.9 Å². The molecule has 1 amide bonds. The molecule has 39 heavy (non-hydrogen) atoms. The summed E-state index contributed by atoms with van der Waals surface area (Å²) in [5.41, 5.74) is 1.25. The van der Waals surface area contributed by atoms with Crippen molar-refractivity contribution in [2.24, 2.45) is 5.92 Å². The van der Waals surface area contributed by atoms with Crippen LogP contribution in [0, 0.1) is 5.92 Å². The molecular weight excluding hydrogens is 516 g/mol. The minimum atomic E-state index is -4.11. The third kappa shape index (κ3) is 6.35. The van der Waals surface area contributed by atoms with Crippen molar-refractivity contribution in [3.8, 4) is 28.6 Å². The van der Waals surface area contributed by atoms with Gasteiger partial charge in [0.2, 0.25) is 11.8 Å². The molecule has 1 aliphatic heterocycles. The fourth-order valence-electron chi connectivity index (χ4n) is 4.24. The van der Waals surface area contributed by atoms with E-state index < -0.39 is 10.0 Å². The molecular formula is C29H28N4O5S. The molecule has 0 aliphatic carbocycles. The molecule has 2 N–H and O–H groups in total. The predicted octanol–water partition coefficient (Wildman–Crippen LogP) is 5.27. The Balaban J connectivity index is 1.59. The van der Waals surface area contributed by atoms with E-state index in [-0.39, 0.29) is 46.8 Å². The molecule has 0 radical (unpaired) electrons. The van der Waals surface area contributed by atoms with Crippen LogP contribution in [-0.2, 0) is 10.0 Å². The number of sulfonamides is 1. The van der Waals surface area contributed by atoms with E-state index in [1.807, 2.05) is 48.5 Å². The SMILES string of the molecule is CC(C)C[C@@H]1COc2cc(-c3ccccc3Oc3ccccc3)nc(n2)NS(=O)(=O)c2cccc(c2)C(=O)N1. The molecule has 0 spiro atoms. The lowest BCUT2D eigenvalue weighted by atomic mass is 10.0. The lowest BCUT2D eigenvalue weighted by Crippen LogP contribution is -2.40. The molecule has 2 heterocycles. The van der Waals surface area contributed by atoms with Crippen LogP contribution in [0.5, 0.6) is 17.4 Å². The van der Waals surface area contributed by atoms with E-state index in [1.165, 1.54) is 18.2 Å². The molecule has 0 saturated heterocycles. The van der Waals surface area contributed by atoms with Crippen molar-refractivity contribution in [2.45, 2.75) is 31.2 Å². The molecule has 1 aliphatic rings. The number of carbonyl (C=O) groups is 1. The van der Waals surface area contributed by atoms with E-state index in [4.69, 9.17) is 9.47 Å². The number of fused-ring (bicyclic) bond motifs is 4. The first-order chi connectivity index (χ1) is 18.8. The predicted molar refractivity (Wildman–Crippen MR) is 147 cm³/mol. The normalized spacial score (nSPS) is 16.5. The van der Waals surface area contributed by atoms with Gasteiger partial charge in [0.15, 0.2) is 0 Å². The summed E-state index contributed by atoms with van der Waals surface area (Å²) in [5, 5.41) is 2.97. The zero-order valence-electron chi connectivity index (χ0n) is 21.5. The van der Waals surface area contributed by atoms with Crippen LogP contribution in [0.1, 0.15) is 30.6 Å². The van der Waals surface area contributed by atoms with E-state index in [0.717, 1.165) is 0 Å². The first-order valence-electron chi connectivity index (χ1n) is 12.5. The molecule has 1 atom stereocenters. The van der Waals surface area contributed by atoms with Crippen molar-refractivity contribution in [1.82, 2.24) is 15.3 Å². The topological polar surface area (TPSA) is 120 Å². The molecule has 0 saturated carbocycles. The highest BCUT2D eigenvalue weighted by atomic mass is 32.2. The highest BCUT2D eigenvalue weighted by Crippen LogP contribution is 2.34. The Bertz CT molecular complexity index is 1590. The van der Waals surface area contributed by atoms with Crippen LogP contribution in [0.4, 0.5) is 5.95 Å². The Kier molecular flexibility index (Phi) is 7.47. The zero-order valence-corrected chi connectivity index (χ0v) is 22.3. The summed E-state index contributed by atoms with van der Waals surface area (Å²) >= 11 is 0. The van der Waals surface area contributed by atoms with Crippen molar-refractivity contribution in [3.63, 3.8) is 0 Å². The molecule has 3 aromatic carbocycles. The number of hydrogen-bond donors (Lipinski definition) is 2. The van der Waals surface area contributed by atoms with Gasteiger partial charge in [0.25, 0.3) is 15.9 Å². The summed E-state index contributed by atoms with van der Waals surface area (Å²) in [6.45, 7) is 4.23. The lowest BCUT2D eigenvalue weighted by molar-refractivity contribution is 0.0913. The van der Waals surface area contributed by atoms with Gasteiger partial charge in [-0.2, -0.15) is 4.98 Å². The number of aromatic nitrogens is 2. The van der Waals surface area contributed by atoms with Gasteiger partial charge in [-0.1, -0.05) is 50.2 Å². The second kappa shape index (κ2) is 11.1. The second-order valence-corrected chi connectivity index (χ2v) is 11.3. The maximum absolute atomic E-state index is 13.3. The fourth-order valence-corrected chi connectivity index (χ4v) is 5.23. The number of hydrogen-bond acceptors (Lipinski definition) is 7. The molecule has 4 bridgehead atoms. The number of amides is 1. The fraction of sp³-hybridized carbons (Fsp3) is 0.207. The Hall–Kier alpha value is -4.44. The van der Waals surface area contributed by atoms with Crippen molar-refractivity contribution >= 4 is 21.9 Å². The number of ether oxygens (including phenoxy) is 2. The molecule has 10 heteroatoms. The molecule has 0 fully saturated rings. The smallest absolute Gasteiger partial charge is 0.264 e. The van der Waals surface area contributed by atoms with Crippen molar-refractivity contribution in [2.75, 3.05) is 11.3 Å². The average molecular weight is 545 g/mol. The summed E-state index contributed by atoms with van der Waals surface area (Å²) in [6.07, 6.45) is 0.653. The lowest BCUT2D eigenvalue weighted by Gasteiger charge is -2.21. The van der Waals surface area contributed by atoms with Crippen LogP contribution in [0.3, 0.4) is 0 Å². The number of rotatable bonds is 5. The average Bonchev–Trinajstić information content (AvgIpc) is 2.92. The summed E-state index contributed by atoms with van der Waals surface area (Å²) < 4.78 is 41.1. The number of nitrogens with zero attached hydrogens (tertiary/aromatic N) is 2. The summed E-state index contributed by atoms with van der Waals surface area (Å²) in [4.78, 5) is 21.7. The van der Waals surface area contributed by atoms with E-state index in [2.05, 4.69) is 33.9 Å². The number of anilines is 1. The monoisotopic (exact) mass is 544 g/mol. The van der Waals surface area contributed by atoms with Gasteiger partial charge in [-0.25, -0.2) is 18.1 Å². The van der Waals surface area contributed by atoms with Crippen LogP contribution in [0.25, 0.3) is 11.3 Å². The first-order valence-corrected chi connectivity index (χ1v) is 14.0. The van der Waals surface area contributed by atoms with Gasteiger partial charge in [0, 0.05) is 17.2 Å². The maximum Gasteiger partial charge on any atom is 0.264 e. The largest absolute Gasteiger partial charge is 0.475 e. The third-order valence-corrected chi connectivity index (χ3v) is 7.32. The van der Waals surface area contributed by atoms with Gasteiger partial charge in [-0.15, -0.1) is 0 Å². The molecule has 1 aromatic heterocycles. The maximum atomic E-state index is 13.3. The van der Waals surface area contributed by atoms with Gasteiger partial charge >= 0.3 is 0 Å². The minimum Gasteiger partial charge on any atom is -0.475 e.